The van der Waals surface area contributed by atoms with Crippen molar-refractivity contribution in [2.75, 3.05) is 27.3 Å². The molecule has 1 N–H and O–H groups in total. The van der Waals surface area contributed by atoms with Crippen LogP contribution in [0.3, 0.4) is 0 Å². The third-order valence-corrected chi connectivity index (χ3v) is 3.12. The lowest BCUT2D eigenvalue weighted by Crippen LogP contribution is -2.25. The first-order chi connectivity index (χ1) is 8.76. The fourth-order valence-corrected chi connectivity index (χ4v) is 1.93. The normalized spacial score (nSPS) is 14.3. The average molecular weight is 249 g/mol. The van der Waals surface area contributed by atoms with Crippen molar-refractivity contribution in [3.05, 3.63) is 23.8 Å². The van der Waals surface area contributed by atoms with Gasteiger partial charge in [-0.1, -0.05) is 6.07 Å². The summed E-state index contributed by atoms with van der Waals surface area (Å²) in [5.41, 5.74) is 0.519. The van der Waals surface area contributed by atoms with Crippen LogP contribution in [-0.4, -0.2) is 33.1 Å². The maximum atomic E-state index is 12.2. The lowest BCUT2D eigenvalue weighted by atomic mass is 10.1. The highest BCUT2D eigenvalue weighted by Gasteiger charge is 2.22. The van der Waals surface area contributed by atoms with Crippen molar-refractivity contribution in [3.63, 3.8) is 0 Å². The van der Waals surface area contributed by atoms with Gasteiger partial charge in [0, 0.05) is 0 Å². The quantitative estimate of drug-likeness (QED) is 0.750. The van der Waals surface area contributed by atoms with Gasteiger partial charge in [0.2, 0.25) is 0 Å². The molecule has 0 aliphatic heterocycles. The Morgan fingerprint density at radius 1 is 1.28 bits per heavy atom. The van der Waals surface area contributed by atoms with E-state index in [4.69, 9.17) is 9.47 Å². The molecular formula is C14H19NO3. The molecule has 1 aromatic carbocycles. The zero-order valence-electron chi connectivity index (χ0n) is 10.9. The highest BCUT2D eigenvalue weighted by molar-refractivity contribution is 6.02. The van der Waals surface area contributed by atoms with Gasteiger partial charge >= 0.3 is 0 Å². The number of carbonyl (C=O) groups is 1. The molecular weight excluding hydrogens is 230 g/mol. The number of Topliss-reactive ketones (excluding diaryl/α,β-unsaturated/α-hetero) is 1. The molecule has 98 valence electrons. The number of methoxy groups -OCH3 is 2. The van der Waals surface area contributed by atoms with Crippen molar-refractivity contribution >= 4 is 5.78 Å². The first-order valence-electron chi connectivity index (χ1n) is 6.21. The van der Waals surface area contributed by atoms with E-state index in [1.807, 2.05) is 6.07 Å². The number of ether oxygens (including phenoxy) is 2. The van der Waals surface area contributed by atoms with Gasteiger partial charge in [-0.3, -0.25) is 4.79 Å². The molecule has 18 heavy (non-hydrogen) atoms. The summed E-state index contributed by atoms with van der Waals surface area (Å²) in [7, 11) is 3.12. The standard InChI is InChI=1S/C14H19NO3/c1-17-12-4-3-5-13(18-2)14(12)11(16)9-15-8-10-6-7-10/h3-5,10,15H,6-9H2,1-2H3. The van der Waals surface area contributed by atoms with Crippen LogP contribution < -0.4 is 14.8 Å². The molecule has 0 atom stereocenters. The molecule has 4 nitrogen and oxygen atoms in total. The van der Waals surface area contributed by atoms with E-state index < -0.39 is 0 Å². The Morgan fingerprint density at radius 3 is 2.39 bits per heavy atom. The second-order valence-electron chi connectivity index (χ2n) is 4.53. The van der Waals surface area contributed by atoms with Crippen LogP contribution in [0.2, 0.25) is 0 Å². The van der Waals surface area contributed by atoms with Gasteiger partial charge in [0.1, 0.15) is 17.1 Å². The summed E-state index contributed by atoms with van der Waals surface area (Å²) in [6.07, 6.45) is 2.55. The molecule has 4 heteroatoms. The maximum Gasteiger partial charge on any atom is 0.184 e. The summed E-state index contributed by atoms with van der Waals surface area (Å²) in [5.74, 6) is 1.89. The van der Waals surface area contributed by atoms with E-state index in [-0.39, 0.29) is 5.78 Å². The lowest BCUT2D eigenvalue weighted by molar-refractivity contribution is 0.0985. The van der Waals surface area contributed by atoms with Gasteiger partial charge < -0.3 is 14.8 Å². The molecule has 1 aromatic rings. The predicted octanol–water partition coefficient (Wildman–Crippen LogP) is 1.89. The molecule has 0 heterocycles. The SMILES string of the molecule is COc1cccc(OC)c1C(=O)CNCC1CC1. The Hall–Kier alpha value is -1.55. The van der Waals surface area contributed by atoms with E-state index in [0.29, 0.717) is 23.6 Å². The first-order valence-corrected chi connectivity index (χ1v) is 6.21. The largest absolute Gasteiger partial charge is 0.496 e. The molecule has 0 radical (unpaired) electrons. The summed E-state index contributed by atoms with van der Waals surface area (Å²) in [6, 6.07) is 5.36. The van der Waals surface area contributed by atoms with Gasteiger partial charge in [-0.25, -0.2) is 0 Å². The summed E-state index contributed by atoms with van der Waals surface area (Å²) in [6.45, 7) is 1.25. The molecule has 2 rings (SSSR count). The van der Waals surface area contributed by atoms with Gasteiger partial charge in [-0.15, -0.1) is 0 Å². The van der Waals surface area contributed by atoms with Crippen molar-refractivity contribution in [1.82, 2.24) is 5.32 Å². The van der Waals surface area contributed by atoms with Crippen LogP contribution in [0.15, 0.2) is 18.2 Å². The highest BCUT2D eigenvalue weighted by atomic mass is 16.5. The molecule has 1 aliphatic carbocycles. The molecule has 1 aliphatic rings. The molecule has 0 bridgehead atoms. The van der Waals surface area contributed by atoms with Gasteiger partial charge in [0.15, 0.2) is 5.78 Å². The van der Waals surface area contributed by atoms with E-state index in [9.17, 15) is 4.79 Å². The molecule has 0 saturated heterocycles. The van der Waals surface area contributed by atoms with E-state index in [2.05, 4.69) is 5.32 Å². The monoisotopic (exact) mass is 249 g/mol. The number of ketones is 1. The van der Waals surface area contributed by atoms with Crippen molar-refractivity contribution in [2.45, 2.75) is 12.8 Å². The number of rotatable bonds is 7. The van der Waals surface area contributed by atoms with Crippen molar-refractivity contribution in [1.29, 1.82) is 0 Å². The maximum absolute atomic E-state index is 12.2. The van der Waals surface area contributed by atoms with Gasteiger partial charge in [0.25, 0.3) is 0 Å². The van der Waals surface area contributed by atoms with E-state index in [1.54, 1.807) is 26.4 Å². The Balaban J connectivity index is 2.06. The molecule has 1 saturated carbocycles. The molecule has 0 unspecified atom stereocenters. The lowest BCUT2D eigenvalue weighted by Gasteiger charge is -2.12. The van der Waals surface area contributed by atoms with E-state index in [0.717, 1.165) is 12.5 Å². The second kappa shape index (κ2) is 5.87. The first kappa shape index (κ1) is 12.9. The van der Waals surface area contributed by atoms with Gasteiger partial charge in [0.05, 0.1) is 20.8 Å². The van der Waals surface area contributed by atoms with Crippen molar-refractivity contribution < 1.29 is 14.3 Å². The second-order valence-corrected chi connectivity index (χ2v) is 4.53. The number of carbonyl (C=O) groups excluding carboxylic acids is 1. The molecule has 0 amide bonds. The van der Waals surface area contributed by atoms with E-state index >= 15 is 0 Å². The zero-order valence-corrected chi connectivity index (χ0v) is 10.9. The van der Waals surface area contributed by atoms with Crippen LogP contribution in [0, 0.1) is 5.92 Å². The topological polar surface area (TPSA) is 47.6 Å². The molecule has 1 fully saturated rings. The Labute approximate surface area is 107 Å². The highest BCUT2D eigenvalue weighted by Crippen LogP contribution is 2.29. The minimum Gasteiger partial charge on any atom is -0.496 e. The van der Waals surface area contributed by atoms with Crippen molar-refractivity contribution in [3.8, 4) is 11.5 Å². The predicted molar refractivity (Wildman–Crippen MR) is 69.5 cm³/mol. The Morgan fingerprint density at radius 2 is 1.89 bits per heavy atom. The number of hydrogen-bond acceptors (Lipinski definition) is 4. The summed E-state index contributed by atoms with van der Waals surface area (Å²) in [5, 5.41) is 3.19. The minimum absolute atomic E-state index is 0.00458. The smallest absolute Gasteiger partial charge is 0.184 e. The summed E-state index contributed by atoms with van der Waals surface area (Å²) < 4.78 is 10.4. The number of nitrogens with one attached hydrogen (secondary N) is 1. The van der Waals surface area contributed by atoms with Crippen LogP contribution in [0.25, 0.3) is 0 Å². The Kier molecular flexibility index (Phi) is 4.20. The fraction of sp³-hybridized carbons (Fsp3) is 0.500. The van der Waals surface area contributed by atoms with Crippen LogP contribution in [0.4, 0.5) is 0 Å². The van der Waals surface area contributed by atoms with Crippen LogP contribution in [-0.2, 0) is 0 Å². The third-order valence-electron chi connectivity index (χ3n) is 3.12. The van der Waals surface area contributed by atoms with Crippen molar-refractivity contribution in [2.24, 2.45) is 5.92 Å². The molecule has 0 spiro atoms. The van der Waals surface area contributed by atoms with Gasteiger partial charge in [-0.2, -0.15) is 0 Å². The van der Waals surface area contributed by atoms with E-state index in [1.165, 1.54) is 12.8 Å². The van der Waals surface area contributed by atoms with Crippen LogP contribution in [0.5, 0.6) is 11.5 Å². The zero-order chi connectivity index (χ0) is 13.0. The fourth-order valence-electron chi connectivity index (χ4n) is 1.93. The number of hydrogen-bond donors (Lipinski definition) is 1. The summed E-state index contributed by atoms with van der Waals surface area (Å²) >= 11 is 0. The Bertz CT molecular complexity index is 405. The number of benzene rings is 1. The minimum atomic E-state index is 0.00458. The van der Waals surface area contributed by atoms with Crippen LogP contribution in [0.1, 0.15) is 23.2 Å². The third kappa shape index (κ3) is 3.01. The van der Waals surface area contributed by atoms with Crippen LogP contribution >= 0.6 is 0 Å². The summed E-state index contributed by atoms with van der Waals surface area (Å²) in [4.78, 5) is 12.2. The molecule has 0 aromatic heterocycles. The van der Waals surface area contributed by atoms with Gasteiger partial charge in [-0.05, 0) is 37.4 Å². The average Bonchev–Trinajstić information content (AvgIpc) is 3.21.